The first kappa shape index (κ1) is 8.26. The van der Waals surface area contributed by atoms with Gasteiger partial charge in [0.25, 0.3) is 0 Å². The molecule has 0 unspecified atom stereocenters. The van der Waals surface area contributed by atoms with E-state index in [1.54, 1.807) is 6.07 Å². The van der Waals surface area contributed by atoms with Crippen LogP contribution in [-0.4, -0.2) is 4.98 Å². The minimum atomic E-state index is -0.384. The summed E-state index contributed by atoms with van der Waals surface area (Å²) in [6, 6.07) is 4.22. The second-order valence-corrected chi connectivity index (χ2v) is 3.14. The molecule has 4 heteroatoms. The van der Waals surface area contributed by atoms with Gasteiger partial charge in [-0.15, -0.1) is 0 Å². The maximum Gasteiger partial charge on any atom is 0.125 e. The Balaban J connectivity index is 2.86. The van der Waals surface area contributed by atoms with E-state index < -0.39 is 0 Å². The number of pyridine rings is 1. The number of nitrogens with two attached hydrogens (primary N) is 1. The predicted octanol–water partition coefficient (Wildman–Crippen LogP) is 2.61. The molecule has 0 spiro atoms. The SMILES string of the molecule is Nc1cnc2c(Cl)cc(F)cc2c1. The van der Waals surface area contributed by atoms with Gasteiger partial charge < -0.3 is 5.73 Å². The summed E-state index contributed by atoms with van der Waals surface area (Å²) in [5.74, 6) is -0.384. The number of anilines is 1. The fourth-order valence-corrected chi connectivity index (χ4v) is 1.45. The number of fused-ring (bicyclic) bond motifs is 1. The molecule has 1 aromatic heterocycles. The standard InChI is InChI=1S/C9H6ClFN2/c10-8-3-6(11)1-5-2-7(12)4-13-9(5)8/h1-4H,12H2. The second-order valence-electron chi connectivity index (χ2n) is 2.73. The van der Waals surface area contributed by atoms with Crippen molar-refractivity contribution in [1.82, 2.24) is 4.98 Å². The van der Waals surface area contributed by atoms with Crippen molar-refractivity contribution in [2.75, 3.05) is 5.73 Å². The molecule has 1 aromatic carbocycles. The Bertz CT molecular complexity index is 465. The van der Waals surface area contributed by atoms with Crippen LogP contribution in [0, 0.1) is 5.82 Å². The number of hydrogen-bond donors (Lipinski definition) is 1. The number of hydrogen-bond acceptors (Lipinski definition) is 2. The molecule has 2 aromatic rings. The summed E-state index contributed by atoms with van der Waals surface area (Å²) in [4.78, 5) is 4.00. The van der Waals surface area contributed by atoms with Gasteiger partial charge in [0.15, 0.2) is 0 Å². The quantitative estimate of drug-likeness (QED) is 0.704. The summed E-state index contributed by atoms with van der Waals surface area (Å²) in [5, 5.41) is 0.917. The lowest BCUT2D eigenvalue weighted by Crippen LogP contribution is -1.88. The van der Waals surface area contributed by atoms with E-state index in [0.717, 1.165) is 0 Å². The Labute approximate surface area is 79.1 Å². The summed E-state index contributed by atoms with van der Waals surface area (Å²) in [5.41, 5.74) is 6.56. The Morgan fingerprint density at radius 3 is 2.85 bits per heavy atom. The third kappa shape index (κ3) is 1.42. The molecule has 0 aliphatic rings. The van der Waals surface area contributed by atoms with Gasteiger partial charge >= 0.3 is 0 Å². The van der Waals surface area contributed by atoms with Gasteiger partial charge in [-0.3, -0.25) is 4.98 Å². The molecule has 0 bridgehead atoms. The van der Waals surface area contributed by atoms with Gasteiger partial charge in [-0.05, 0) is 18.2 Å². The van der Waals surface area contributed by atoms with Crippen LogP contribution in [0.25, 0.3) is 10.9 Å². The van der Waals surface area contributed by atoms with Crippen molar-refractivity contribution in [2.45, 2.75) is 0 Å². The van der Waals surface area contributed by atoms with Crippen LogP contribution < -0.4 is 5.73 Å². The molecule has 0 aliphatic heterocycles. The minimum Gasteiger partial charge on any atom is -0.397 e. The molecule has 0 atom stereocenters. The number of aromatic nitrogens is 1. The van der Waals surface area contributed by atoms with Crippen molar-refractivity contribution >= 4 is 28.2 Å². The van der Waals surface area contributed by atoms with Crippen LogP contribution in [0.15, 0.2) is 24.4 Å². The third-order valence-corrected chi connectivity index (χ3v) is 2.01. The van der Waals surface area contributed by atoms with Gasteiger partial charge in [0.05, 0.1) is 22.4 Å². The first-order valence-electron chi connectivity index (χ1n) is 3.67. The van der Waals surface area contributed by atoms with Crippen molar-refractivity contribution in [2.24, 2.45) is 0 Å². The molecule has 0 radical (unpaired) electrons. The maximum absolute atomic E-state index is 12.9. The molecule has 2 nitrogen and oxygen atoms in total. The second kappa shape index (κ2) is 2.85. The Morgan fingerprint density at radius 1 is 1.31 bits per heavy atom. The van der Waals surface area contributed by atoms with Crippen LogP contribution in [0.2, 0.25) is 5.02 Å². The molecule has 0 amide bonds. The zero-order valence-electron chi connectivity index (χ0n) is 6.59. The van der Waals surface area contributed by atoms with Gasteiger partial charge in [0.2, 0.25) is 0 Å². The van der Waals surface area contributed by atoms with E-state index in [9.17, 15) is 4.39 Å². The monoisotopic (exact) mass is 196 g/mol. The van der Waals surface area contributed by atoms with E-state index in [0.29, 0.717) is 21.6 Å². The van der Waals surface area contributed by atoms with E-state index in [1.165, 1.54) is 18.3 Å². The average molecular weight is 197 g/mol. The number of halogens is 2. The molecule has 13 heavy (non-hydrogen) atoms. The zero-order chi connectivity index (χ0) is 9.42. The van der Waals surface area contributed by atoms with E-state index in [-0.39, 0.29) is 5.82 Å². The molecule has 0 fully saturated rings. The lowest BCUT2D eigenvalue weighted by Gasteiger charge is -2.00. The summed E-state index contributed by atoms with van der Waals surface area (Å²) in [6.07, 6.45) is 1.49. The Morgan fingerprint density at radius 2 is 2.08 bits per heavy atom. The van der Waals surface area contributed by atoms with Crippen molar-refractivity contribution < 1.29 is 4.39 Å². The fourth-order valence-electron chi connectivity index (χ4n) is 1.19. The van der Waals surface area contributed by atoms with Crippen molar-refractivity contribution in [3.8, 4) is 0 Å². The smallest absolute Gasteiger partial charge is 0.125 e. The molecule has 0 aliphatic carbocycles. The molecular weight excluding hydrogens is 191 g/mol. The summed E-state index contributed by atoms with van der Waals surface area (Å²) < 4.78 is 12.9. The number of nitrogen functional groups attached to an aromatic ring is 1. The number of nitrogens with zero attached hydrogens (tertiary/aromatic N) is 1. The lowest BCUT2D eigenvalue weighted by atomic mass is 10.2. The molecule has 0 saturated heterocycles. The summed E-state index contributed by atoms with van der Waals surface area (Å²) in [6.45, 7) is 0. The molecular formula is C9H6ClFN2. The highest BCUT2D eigenvalue weighted by atomic mass is 35.5. The molecule has 2 rings (SSSR count). The van der Waals surface area contributed by atoms with Crippen molar-refractivity contribution in [3.63, 3.8) is 0 Å². The first-order chi connectivity index (χ1) is 6.16. The predicted molar refractivity (Wildman–Crippen MR) is 51.1 cm³/mol. The van der Waals surface area contributed by atoms with E-state index in [4.69, 9.17) is 17.3 Å². The number of benzene rings is 1. The fraction of sp³-hybridized carbons (Fsp3) is 0. The van der Waals surface area contributed by atoms with Gasteiger partial charge in [0, 0.05) is 5.39 Å². The van der Waals surface area contributed by atoms with Crippen LogP contribution in [0.4, 0.5) is 10.1 Å². The van der Waals surface area contributed by atoms with E-state index in [2.05, 4.69) is 4.98 Å². The highest BCUT2D eigenvalue weighted by molar-refractivity contribution is 6.35. The minimum absolute atomic E-state index is 0.301. The topological polar surface area (TPSA) is 38.9 Å². The first-order valence-corrected chi connectivity index (χ1v) is 4.05. The van der Waals surface area contributed by atoms with Crippen LogP contribution in [0.5, 0.6) is 0 Å². The van der Waals surface area contributed by atoms with Gasteiger partial charge in [-0.1, -0.05) is 11.6 Å². The van der Waals surface area contributed by atoms with Crippen molar-refractivity contribution in [3.05, 3.63) is 35.2 Å². The highest BCUT2D eigenvalue weighted by Crippen LogP contribution is 2.23. The van der Waals surface area contributed by atoms with Gasteiger partial charge in [0.1, 0.15) is 5.82 Å². The Hall–Kier alpha value is -1.35. The normalized spacial score (nSPS) is 10.6. The zero-order valence-corrected chi connectivity index (χ0v) is 7.35. The lowest BCUT2D eigenvalue weighted by molar-refractivity contribution is 0.629. The van der Waals surface area contributed by atoms with E-state index in [1.807, 2.05) is 0 Å². The largest absolute Gasteiger partial charge is 0.397 e. The van der Waals surface area contributed by atoms with Crippen LogP contribution in [-0.2, 0) is 0 Å². The molecule has 0 saturated carbocycles. The molecule has 66 valence electrons. The van der Waals surface area contributed by atoms with Gasteiger partial charge in [-0.25, -0.2) is 4.39 Å². The van der Waals surface area contributed by atoms with Crippen LogP contribution >= 0.6 is 11.6 Å². The third-order valence-electron chi connectivity index (χ3n) is 1.72. The average Bonchev–Trinajstić information content (AvgIpc) is 2.02. The summed E-state index contributed by atoms with van der Waals surface area (Å²) >= 11 is 5.77. The Kier molecular flexibility index (Phi) is 1.81. The summed E-state index contributed by atoms with van der Waals surface area (Å²) in [7, 11) is 0. The van der Waals surface area contributed by atoms with Crippen LogP contribution in [0.1, 0.15) is 0 Å². The van der Waals surface area contributed by atoms with E-state index >= 15 is 0 Å². The molecule has 1 heterocycles. The molecule has 2 N–H and O–H groups in total. The van der Waals surface area contributed by atoms with Gasteiger partial charge in [-0.2, -0.15) is 0 Å². The van der Waals surface area contributed by atoms with Crippen molar-refractivity contribution in [1.29, 1.82) is 0 Å². The maximum atomic E-state index is 12.9. The number of rotatable bonds is 0. The highest BCUT2D eigenvalue weighted by Gasteiger charge is 2.03. The van der Waals surface area contributed by atoms with Crippen LogP contribution in [0.3, 0.4) is 0 Å².